The molecule has 1 atom stereocenters. The second-order valence-electron chi connectivity index (χ2n) is 5.09. The molecule has 1 aliphatic heterocycles. The van der Waals surface area contributed by atoms with Crippen LogP contribution < -0.4 is 4.74 Å². The van der Waals surface area contributed by atoms with E-state index in [0.717, 1.165) is 25.8 Å². The molecule has 1 unspecified atom stereocenters. The molecule has 1 aromatic rings. The van der Waals surface area contributed by atoms with Crippen LogP contribution in [0.4, 0.5) is 0 Å². The van der Waals surface area contributed by atoms with Crippen molar-refractivity contribution in [2.75, 3.05) is 19.8 Å². The molecular formula is C15H19Cl2NO3. The maximum atomic E-state index is 12.2. The summed E-state index contributed by atoms with van der Waals surface area (Å²) in [6.45, 7) is 1.03. The van der Waals surface area contributed by atoms with Crippen molar-refractivity contribution in [3.63, 3.8) is 0 Å². The highest BCUT2D eigenvalue weighted by molar-refractivity contribution is 6.42. The zero-order valence-corrected chi connectivity index (χ0v) is 13.2. The molecule has 2 rings (SSSR count). The summed E-state index contributed by atoms with van der Waals surface area (Å²) in [7, 11) is 0. The number of hydrogen-bond acceptors (Lipinski definition) is 3. The van der Waals surface area contributed by atoms with Crippen molar-refractivity contribution in [1.29, 1.82) is 0 Å². The van der Waals surface area contributed by atoms with Gasteiger partial charge in [0.1, 0.15) is 5.75 Å². The first-order valence-corrected chi connectivity index (χ1v) is 7.85. The average Bonchev–Trinajstić information content (AvgIpc) is 2.50. The molecule has 0 spiro atoms. The van der Waals surface area contributed by atoms with E-state index < -0.39 is 0 Å². The van der Waals surface area contributed by atoms with Crippen molar-refractivity contribution in [1.82, 2.24) is 4.90 Å². The predicted molar refractivity (Wildman–Crippen MR) is 83.0 cm³/mol. The summed E-state index contributed by atoms with van der Waals surface area (Å²) in [6.07, 6.45) is 3.22. The highest BCUT2D eigenvalue weighted by Crippen LogP contribution is 2.26. The van der Waals surface area contributed by atoms with E-state index in [-0.39, 0.29) is 31.6 Å². The lowest BCUT2D eigenvalue weighted by atomic mass is 10.0. The molecule has 1 fully saturated rings. The van der Waals surface area contributed by atoms with E-state index >= 15 is 0 Å². The first kappa shape index (κ1) is 16.4. The molecular weight excluding hydrogens is 313 g/mol. The van der Waals surface area contributed by atoms with Gasteiger partial charge in [-0.15, -0.1) is 0 Å². The average molecular weight is 332 g/mol. The number of nitrogens with zero attached hydrogens (tertiary/aromatic N) is 1. The Kier molecular flexibility index (Phi) is 6.15. The Bertz CT molecular complexity index is 496. The first-order chi connectivity index (χ1) is 10.1. The van der Waals surface area contributed by atoms with E-state index in [9.17, 15) is 9.90 Å². The number of amides is 1. The largest absolute Gasteiger partial charge is 0.493 e. The molecule has 4 nitrogen and oxygen atoms in total. The summed E-state index contributed by atoms with van der Waals surface area (Å²) in [5.74, 6) is 0.614. The lowest BCUT2D eigenvalue weighted by Crippen LogP contribution is -2.46. The molecule has 0 saturated carbocycles. The minimum Gasteiger partial charge on any atom is -0.493 e. The van der Waals surface area contributed by atoms with E-state index in [2.05, 4.69) is 0 Å². The Morgan fingerprint density at radius 2 is 2.14 bits per heavy atom. The minimum absolute atomic E-state index is 0.0220. The van der Waals surface area contributed by atoms with Gasteiger partial charge in [0.15, 0.2) is 0 Å². The van der Waals surface area contributed by atoms with Gasteiger partial charge in [-0.25, -0.2) is 0 Å². The Balaban J connectivity index is 1.82. The van der Waals surface area contributed by atoms with Crippen LogP contribution in [0, 0.1) is 0 Å². The monoisotopic (exact) mass is 331 g/mol. The van der Waals surface area contributed by atoms with Gasteiger partial charge < -0.3 is 14.7 Å². The molecule has 0 bridgehead atoms. The number of hydrogen-bond donors (Lipinski definition) is 1. The number of ether oxygens (including phenoxy) is 1. The van der Waals surface area contributed by atoms with Crippen LogP contribution in [-0.2, 0) is 4.79 Å². The molecule has 116 valence electrons. The van der Waals surface area contributed by atoms with Crippen molar-refractivity contribution < 1.29 is 14.6 Å². The summed E-state index contributed by atoms with van der Waals surface area (Å²) in [5.41, 5.74) is 0. The van der Waals surface area contributed by atoms with E-state index in [4.69, 9.17) is 27.9 Å². The fourth-order valence-corrected chi connectivity index (χ4v) is 2.77. The predicted octanol–water partition coefficient (Wildman–Crippen LogP) is 3.14. The third-order valence-corrected chi connectivity index (χ3v) is 4.37. The van der Waals surface area contributed by atoms with E-state index in [0.29, 0.717) is 15.8 Å². The number of benzene rings is 1. The molecule has 0 aromatic heterocycles. The van der Waals surface area contributed by atoms with Crippen LogP contribution in [0.15, 0.2) is 18.2 Å². The topological polar surface area (TPSA) is 49.8 Å². The molecule has 1 aliphatic rings. The number of likely N-dealkylation sites (tertiary alicyclic amines) is 1. The van der Waals surface area contributed by atoms with E-state index in [1.807, 2.05) is 0 Å². The maximum Gasteiger partial charge on any atom is 0.226 e. The van der Waals surface area contributed by atoms with Gasteiger partial charge in [0.2, 0.25) is 5.91 Å². The van der Waals surface area contributed by atoms with Crippen molar-refractivity contribution in [2.45, 2.75) is 31.7 Å². The molecule has 1 N–H and O–H groups in total. The molecule has 1 heterocycles. The van der Waals surface area contributed by atoms with Crippen LogP contribution >= 0.6 is 23.2 Å². The van der Waals surface area contributed by atoms with Gasteiger partial charge in [-0.2, -0.15) is 0 Å². The highest BCUT2D eigenvalue weighted by atomic mass is 35.5. The molecule has 1 amide bonds. The van der Waals surface area contributed by atoms with Gasteiger partial charge in [0.25, 0.3) is 0 Å². The summed E-state index contributed by atoms with van der Waals surface area (Å²) in [5, 5.41) is 10.2. The van der Waals surface area contributed by atoms with Crippen LogP contribution in [0.5, 0.6) is 5.75 Å². The van der Waals surface area contributed by atoms with Gasteiger partial charge >= 0.3 is 0 Å². The second kappa shape index (κ2) is 7.87. The summed E-state index contributed by atoms with van der Waals surface area (Å²) in [4.78, 5) is 13.9. The number of carbonyl (C=O) groups is 1. The first-order valence-electron chi connectivity index (χ1n) is 7.10. The molecule has 6 heteroatoms. The molecule has 1 saturated heterocycles. The molecule has 1 aromatic carbocycles. The third-order valence-electron chi connectivity index (χ3n) is 3.63. The Morgan fingerprint density at radius 3 is 2.86 bits per heavy atom. The van der Waals surface area contributed by atoms with Crippen molar-refractivity contribution in [3.8, 4) is 5.75 Å². The van der Waals surface area contributed by atoms with E-state index in [1.165, 1.54) is 0 Å². The number of piperidine rings is 1. The molecule has 0 radical (unpaired) electrons. The molecule has 0 aliphatic carbocycles. The van der Waals surface area contributed by atoms with Crippen LogP contribution in [-0.4, -0.2) is 41.7 Å². The van der Waals surface area contributed by atoms with Gasteiger partial charge in [0.05, 0.1) is 35.7 Å². The van der Waals surface area contributed by atoms with Gasteiger partial charge in [0, 0.05) is 12.6 Å². The fraction of sp³-hybridized carbons (Fsp3) is 0.533. The maximum absolute atomic E-state index is 12.2. The summed E-state index contributed by atoms with van der Waals surface area (Å²) in [6, 6.07) is 4.96. The van der Waals surface area contributed by atoms with Crippen LogP contribution in [0.3, 0.4) is 0 Å². The number of halogens is 2. The smallest absolute Gasteiger partial charge is 0.226 e. The highest BCUT2D eigenvalue weighted by Gasteiger charge is 2.25. The minimum atomic E-state index is -0.0452. The van der Waals surface area contributed by atoms with E-state index in [1.54, 1.807) is 23.1 Å². The Labute approximate surface area is 134 Å². The quantitative estimate of drug-likeness (QED) is 0.901. The van der Waals surface area contributed by atoms with Crippen LogP contribution in [0.2, 0.25) is 10.0 Å². The standard InChI is InChI=1S/C15H19Cl2NO3/c16-13-5-4-12(9-14(13)17)21-8-6-15(20)18-7-2-1-3-11(18)10-19/h4-5,9,11,19H,1-3,6-8,10H2. The van der Waals surface area contributed by atoms with Gasteiger partial charge in [-0.1, -0.05) is 23.2 Å². The normalized spacial score (nSPS) is 18.6. The number of rotatable bonds is 5. The SMILES string of the molecule is O=C(CCOc1ccc(Cl)c(Cl)c1)N1CCCCC1CO. The van der Waals surface area contributed by atoms with Crippen molar-refractivity contribution in [3.05, 3.63) is 28.2 Å². The van der Waals surface area contributed by atoms with Crippen molar-refractivity contribution >= 4 is 29.1 Å². The lowest BCUT2D eigenvalue weighted by molar-refractivity contribution is -0.136. The zero-order chi connectivity index (χ0) is 15.2. The fourth-order valence-electron chi connectivity index (χ4n) is 2.49. The Hall–Kier alpha value is -0.970. The number of carbonyl (C=O) groups excluding carboxylic acids is 1. The van der Waals surface area contributed by atoms with Crippen LogP contribution in [0.25, 0.3) is 0 Å². The van der Waals surface area contributed by atoms with Gasteiger partial charge in [-0.3, -0.25) is 4.79 Å². The summed E-state index contributed by atoms with van der Waals surface area (Å²) >= 11 is 11.7. The third kappa shape index (κ3) is 4.50. The lowest BCUT2D eigenvalue weighted by Gasteiger charge is -2.34. The summed E-state index contributed by atoms with van der Waals surface area (Å²) < 4.78 is 5.52. The van der Waals surface area contributed by atoms with Gasteiger partial charge in [-0.05, 0) is 31.4 Å². The Morgan fingerprint density at radius 1 is 1.33 bits per heavy atom. The zero-order valence-electron chi connectivity index (χ0n) is 11.7. The van der Waals surface area contributed by atoms with Crippen LogP contribution in [0.1, 0.15) is 25.7 Å². The number of aliphatic hydroxyl groups is 1. The van der Waals surface area contributed by atoms with Crippen molar-refractivity contribution in [2.24, 2.45) is 0 Å². The number of aliphatic hydroxyl groups excluding tert-OH is 1. The second-order valence-corrected chi connectivity index (χ2v) is 5.91. The molecule has 21 heavy (non-hydrogen) atoms.